The van der Waals surface area contributed by atoms with Crippen molar-refractivity contribution in [1.82, 2.24) is 10.5 Å². The van der Waals surface area contributed by atoms with Crippen LogP contribution in [0.25, 0.3) is 0 Å². The molecular weight excluding hydrogens is 164 g/mol. The third kappa shape index (κ3) is 2.10. The minimum Gasteiger partial charge on any atom is -0.361 e. The molecule has 0 saturated heterocycles. The van der Waals surface area contributed by atoms with Gasteiger partial charge in [-0.3, -0.25) is 0 Å². The first kappa shape index (κ1) is 8.75. The highest BCUT2D eigenvalue weighted by atomic mass is 16.5. The normalized spacial score (nSPS) is 18.9. The largest absolute Gasteiger partial charge is 0.361 e. The maximum atomic E-state index is 5.26. The van der Waals surface area contributed by atoms with E-state index in [-0.39, 0.29) is 0 Å². The van der Waals surface area contributed by atoms with E-state index in [0.29, 0.717) is 12.0 Å². The van der Waals surface area contributed by atoms with Crippen LogP contribution in [0.15, 0.2) is 10.6 Å². The molecule has 3 nitrogen and oxygen atoms in total. The van der Waals surface area contributed by atoms with E-state index in [4.69, 9.17) is 4.52 Å². The summed E-state index contributed by atoms with van der Waals surface area (Å²) in [6, 6.07) is 2.57. The van der Waals surface area contributed by atoms with Crippen molar-refractivity contribution in [2.75, 3.05) is 7.05 Å². The first-order valence-corrected chi connectivity index (χ1v) is 4.92. The summed E-state index contributed by atoms with van der Waals surface area (Å²) in [5, 5.41) is 7.24. The van der Waals surface area contributed by atoms with Gasteiger partial charge in [-0.1, -0.05) is 5.16 Å². The van der Waals surface area contributed by atoms with Crippen LogP contribution in [0.4, 0.5) is 0 Å². The van der Waals surface area contributed by atoms with Crippen molar-refractivity contribution in [1.29, 1.82) is 0 Å². The number of rotatable bonds is 4. The van der Waals surface area contributed by atoms with E-state index in [0.717, 1.165) is 17.9 Å². The Morgan fingerprint density at radius 1 is 1.69 bits per heavy atom. The van der Waals surface area contributed by atoms with Crippen molar-refractivity contribution in [2.24, 2.45) is 0 Å². The standard InChI is InChI=1S/C10H16N2O/c1-7(11-2)5-9-6-10(13-12-9)8-3-4-8/h6-8,11H,3-5H2,1-2H3. The summed E-state index contributed by atoms with van der Waals surface area (Å²) in [5.41, 5.74) is 1.07. The van der Waals surface area contributed by atoms with Gasteiger partial charge in [0.25, 0.3) is 0 Å². The summed E-state index contributed by atoms with van der Waals surface area (Å²) in [5.74, 6) is 1.75. The lowest BCUT2D eigenvalue weighted by molar-refractivity contribution is 0.375. The molecule has 1 N–H and O–H groups in total. The molecule has 13 heavy (non-hydrogen) atoms. The molecule has 1 aromatic heterocycles. The van der Waals surface area contributed by atoms with Crippen LogP contribution < -0.4 is 5.32 Å². The van der Waals surface area contributed by atoms with Crippen LogP contribution in [0.3, 0.4) is 0 Å². The second-order valence-corrected chi connectivity index (χ2v) is 3.89. The van der Waals surface area contributed by atoms with E-state index in [9.17, 15) is 0 Å². The topological polar surface area (TPSA) is 38.1 Å². The molecule has 1 atom stereocenters. The molecule has 1 fully saturated rings. The zero-order chi connectivity index (χ0) is 9.26. The van der Waals surface area contributed by atoms with Crippen LogP contribution in [0, 0.1) is 0 Å². The van der Waals surface area contributed by atoms with E-state index in [1.807, 2.05) is 7.05 Å². The summed E-state index contributed by atoms with van der Waals surface area (Å²) in [7, 11) is 1.96. The zero-order valence-electron chi connectivity index (χ0n) is 8.21. The van der Waals surface area contributed by atoms with Crippen molar-refractivity contribution in [3.63, 3.8) is 0 Å². The van der Waals surface area contributed by atoms with Crippen molar-refractivity contribution in [2.45, 2.75) is 38.1 Å². The number of hydrogen-bond acceptors (Lipinski definition) is 3. The van der Waals surface area contributed by atoms with E-state index in [1.54, 1.807) is 0 Å². The molecule has 0 radical (unpaired) electrons. The average molecular weight is 180 g/mol. The highest BCUT2D eigenvalue weighted by Gasteiger charge is 2.27. The highest BCUT2D eigenvalue weighted by Crippen LogP contribution is 2.40. The Hall–Kier alpha value is -0.830. The third-order valence-corrected chi connectivity index (χ3v) is 2.57. The lowest BCUT2D eigenvalue weighted by atomic mass is 10.1. The van der Waals surface area contributed by atoms with Gasteiger partial charge in [-0.2, -0.15) is 0 Å². The maximum absolute atomic E-state index is 5.26. The molecule has 0 spiro atoms. The van der Waals surface area contributed by atoms with Gasteiger partial charge in [0.15, 0.2) is 0 Å². The second-order valence-electron chi connectivity index (χ2n) is 3.89. The molecule has 2 rings (SSSR count). The molecule has 0 aromatic carbocycles. The lowest BCUT2D eigenvalue weighted by Gasteiger charge is -2.05. The number of nitrogens with zero attached hydrogens (tertiary/aromatic N) is 1. The Kier molecular flexibility index (Phi) is 2.36. The smallest absolute Gasteiger partial charge is 0.140 e. The molecular formula is C10H16N2O. The SMILES string of the molecule is CNC(C)Cc1cc(C2CC2)on1. The summed E-state index contributed by atoms with van der Waals surface area (Å²) >= 11 is 0. The Morgan fingerprint density at radius 3 is 3.08 bits per heavy atom. The van der Waals surface area contributed by atoms with Gasteiger partial charge in [0, 0.05) is 24.4 Å². The molecule has 1 aromatic rings. The van der Waals surface area contributed by atoms with Gasteiger partial charge in [0.2, 0.25) is 0 Å². The Bertz CT molecular complexity index is 278. The zero-order valence-corrected chi connectivity index (χ0v) is 8.21. The predicted octanol–water partition coefficient (Wildman–Crippen LogP) is 1.70. The monoisotopic (exact) mass is 180 g/mol. The molecule has 0 aliphatic heterocycles. The van der Waals surface area contributed by atoms with Crippen molar-refractivity contribution < 1.29 is 4.52 Å². The van der Waals surface area contributed by atoms with Gasteiger partial charge in [-0.25, -0.2) is 0 Å². The van der Waals surface area contributed by atoms with Gasteiger partial charge in [-0.15, -0.1) is 0 Å². The average Bonchev–Trinajstić information content (AvgIpc) is 2.88. The molecule has 72 valence electrons. The van der Waals surface area contributed by atoms with Crippen molar-refractivity contribution >= 4 is 0 Å². The van der Waals surface area contributed by atoms with Crippen molar-refractivity contribution in [3.05, 3.63) is 17.5 Å². The molecule has 0 amide bonds. The Labute approximate surface area is 78.5 Å². The molecule has 1 aliphatic rings. The molecule has 1 heterocycles. The van der Waals surface area contributed by atoms with Crippen LogP contribution in [0.1, 0.15) is 37.1 Å². The third-order valence-electron chi connectivity index (χ3n) is 2.57. The first-order chi connectivity index (χ1) is 6.29. The van der Waals surface area contributed by atoms with Crippen LogP contribution in [0.5, 0.6) is 0 Å². The van der Waals surface area contributed by atoms with Gasteiger partial charge < -0.3 is 9.84 Å². The number of likely N-dealkylation sites (N-methyl/N-ethyl adjacent to an activating group) is 1. The Morgan fingerprint density at radius 2 is 2.46 bits per heavy atom. The minimum absolute atomic E-state index is 0.470. The Balaban J connectivity index is 1.96. The van der Waals surface area contributed by atoms with Crippen molar-refractivity contribution in [3.8, 4) is 0 Å². The van der Waals surface area contributed by atoms with Gasteiger partial charge in [0.05, 0.1) is 5.69 Å². The van der Waals surface area contributed by atoms with Crippen LogP contribution >= 0.6 is 0 Å². The van der Waals surface area contributed by atoms with E-state index >= 15 is 0 Å². The maximum Gasteiger partial charge on any atom is 0.140 e. The second kappa shape index (κ2) is 3.50. The summed E-state index contributed by atoms with van der Waals surface area (Å²) in [4.78, 5) is 0. The fourth-order valence-electron chi connectivity index (χ4n) is 1.40. The van der Waals surface area contributed by atoms with Gasteiger partial charge in [0.1, 0.15) is 5.76 Å². The lowest BCUT2D eigenvalue weighted by Crippen LogP contribution is -2.23. The molecule has 1 unspecified atom stereocenters. The minimum atomic E-state index is 0.470. The number of hydrogen-bond donors (Lipinski definition) is 1. The number of aromatic nitrogens is 1. The van der Waals surface area contributed by atoms with E-state index in [2.05, 4.69) is 23.5 Å². The van der Waals surface area contributed by atoms with E-state index < -0.39 is 0 Å². The fourth-order valence-corrected chi connectivity index (χ4v) is 1.40. The van der Waals surface area contributed by atoms with Gasteiger partial charge in [-0.05, 0) is 26.8 Å². The summed E-state index contributed by atoms with van der Waals surface area (Å²) < 4.78 is 5.26. The van der Waals surface area contributed by atoms with E-state index in [1.165, 1.54) is 12.8 Å². The van der Waals surface area contributed by atoms with Gasteiger partial charge >= 0.3 is 0 Å². The highest BCUT2D eigenvalue weighted by molar-refractivity contribution is 5.15. The van der Waals surface area contributed by atoms with Crippen LogP contribution in [-0.2, 0) is 6.42 Å². The summed E-state index contributed by atoms with van der Waals surface area (Å²) in [6.07, 6.45) is 3.50. The molecule has 3 heteroatoms. The molecule has 0 bridgehead atoms. The molecule has 1 saturated carbocycles. The van der Waals surface area contributed by atoms with Crippen LogP contribution in [0.2, 0.25) is 0 Å². The summed E-state index contributed by atoms with van der Waals surface area (Å²) in [6.45, 7) is 2.14. The first-order valence-electron chi connectivity index (χ1n) is 4.92. The number of nitrogens with one attached hydrogen (secondary N) is 1. The quantitative estimate of drug-likeness (QED) is 0.766. The molecule has 1 aliphatic carbocycles. The fraction of sp³-hybridized carbons (Fsp3) is 0.700. The predicted molar refractivity (Wildman–Crippen MR) is 50.7 cm³/mol. The van der Waals surface area contributed by atoms with Crippen LogP contribution in [-0.4, -0.2) is 18.2 Å².